The molecule has 0 unspecified atom stereocenters. The molecule has 0 spiro atoms. The van der Waals surface area contributed by atoms with Crippen LogP contribution >= 0.6 is 0 Å². The molecule has 3 rings (SSSR count). The number of esters is 1. The fourth-order valence-corrected chi connectivity index (χ4v) is 2.88. The van der Waals surface area contributed by atoms with Gasteiger partial charge in [0.2, 0.25) is 0 Å². The zero-order valence-corrected chi connectivity index (χ0v) is 16.5. The van der Waals surface area contributed by atoms with Crippen molar-refractivity contribution in [3.8, 4) is 0 Å². The fraction of sp³-hybridized carbons (Fsp3) is 0.182. The Balaban J connectivity index is 1.72. The Morgan fingerprint density at radius 2 is 1.86 bits per heavy atom. The molecule has 0 radical (unpaired) electrons. The molecule has 148 valence electrons. The fourth-order valence-electron chi connectivity index (χ4n) is 2.88. The van der Waals surface area contributed by atoms with Gasteiger partial charge in [-0.25, -0.2) is 14.8 Å². The number of anilines is 3. The van der Waals surface area contributed by atoms with E-state index in [0.717, 1.165) is 17.7 Å². The van der Waals surface area contributed by atoms with Gasteiger partial charge in [-0.3, -0.25) is 4.79 Å². The van der Waals surface area contributed by atoms with Crippen LogP contribution in [0.3, 0.4) is 0 Å². The van der Waals surface area contributed by atoms with Gasteiger partial charge in [0.05, 0.1) is 25.1 Å². The van der Waals surface area contributed by atoms with E-state index in [2.05, 4.69) is 38.3 Å². The molecule has 3 aromatic rings. The first-order valence-corrected chi connectivity index (χ1v) is 9.19. The number of carbonyl (C=O) groups is 2. The minimum atomic E-state index is -0.473. The van der Waals surface area contributed by atoms with Gasteiger partial charge in [-0.2, -0.15) is 0 Å². The Labute approximate surface area is 169 Å². The third kappa shape index (κ3) is 4.76. The second-order valence-electron chi connectivity index (χ2n) is 6.40. The van der Waals surface area contributed by atoms with Gasteiger partial charge < -0.3 is 15.4 Å². The molecule has 1 aromatic heterocycles. The molecular formula is C22H22N4O3. The lowest BCUT2D eigenvalue weighted by Crippen LogP contribution is -2.15. The standard InChI is InChI=1S/C22H22N4O3/c1-4-15-8-5-7-14(2)20(15)26-19-13-23-18(12-24-19)21(27)25-17-10-6-9-16(11-17)22(28)29-3/h5-13H,4H2,1-3H3,(H,24,26)(H,25,27). The summed E-state index contributed by atoms with van der Waals surface area (Å²) in [5.41, 5.74) is 4.27. The van der Waals surface area contributed by atoms with Crippen molar-refractivity contribution in [3.63, 3.8) is 0 Å². The lowest BCUT2D eigenvalue weighted by atomic mass is 10.1. The summed E-state index contributed by atoms with van der Waals surface area (Å²) in [6.45, 7) is 4.12. The van der Waals surface area contributed by atoms with Crippen molar-refractivity contribution < 1.29 is 14.3 Å². The lowest BCUT2D eigenvalue weighted by molar-refractivity contribution is 0.0600. The average molecular weight is 390 g/mol. The number of amides is 1. The number of nitrogens with zero attached hydrogens (tertiary/aromatic N) is 2. The predicted octanol–water partition coefficient (Wildman–Crippen LogP) is 4.13. The molecule has 0 saturated carbocycles. The second kappa shape index (κ2) is 8.97. The number of aryl methyl sites for hydroxylation is 2. The normalized spacial score (nSPS) is 10.3. The summed E-state index contributed by atoms with van der Waals surface area (Å²) >= 11 is 0. The van der Waals surface area contributed by atoms with E-state index in [9.17, 15) is 9.59 Å². The second-order valence-corrected chi connectivity index (χ2v) is 6.40. The molecule has 2 aromatic carbocycles. The lowest BCUT2D eigenvalue weighted by Gasteiger charge is -2.13. The van der Waals surface area contributed by atoms with E-state index in [1.165, 1.54) is 31.1 Å². The van der Waals surface area contributed by atoms with Crippen molar-refractivity contribution in [1.82, 2.24) is 9.97 Å². The van der Waals surface area contributed by atoms with Crippen LogP contribution in [0.1, 0.15) is 38.9 Å². The first-order chi connectivity index (χ1) is 14.0. The number of aromatic nitrogens is 2. The maximum Gasteiger partial charge on any atom is 0.337 e. The molecule has 0 aliphatic carbocycles. The number of methoxy groups -OCH3 is 1. The van der Waals surface area contributed by atoms with Crippen molar-refractivity contribution in [2.75, 3.05) is 17.7 Å². The number of hydrogen-bond acceptors (Lipinski definition) is 6. The summed E-state index contributed by atoms with van der Waals surface area (Å²) in [5, 5.41) is 5.98. The van der Waals surface area contributed by atoms with Crippen molar-refractivity contribution in [2.45, 2.75) is 20.3 Å². The number of nitrogens with one attached hydrogen (secondary N) is 2. The molecule has 1 amide bonds. The summed E-state index contributed by atoms with van der Waals surface area (Å²) < 4.78 is 4.69. The van der Waals surface area contributed by atoms with Gasteiger partial charge in [0, 0.05) is 11.4 Å². The van der Waals surface area contributed by atoms with E-state index in [4.69, 9.17) is 0 Å². The van der Waals surface area contributed by atoms with Gasteiger partial charge in [-0.1, -0.05) is 31.2 Å². The van der Waals surface area contributed by atoms with Crippen LogP contribution in [0.15, 0.2) is 54.9 Å². The van der Waals surface area contributed by atoms with Crippen molar-refractivity contribution in [1.29, 1.82) is 0 Å². The largest absolute Gasteiger partial charge is 0.465 e. The van der Waals surface area contributed by atoms with Crippen LogP contribution < -0.4 is 10.6 Å². The van der Waals surface area contributed by atoms with E-state index in [0.29, 0.717) is 17.1 Å². The molecule has 1 heterocycles. The van der Waals surface area contributed by atoms with E-state index >= 15 is 0 Å². The van der Waals surface area contributed by atoms with Crippen molar-refractivity contribution >= 4 is 29.1 Å². The van der Waals surface area contributed by atoms with Crippen LogP contribution in [0.25, 0.3) is 0 Å². The third-order valence-electron chi connectivity index (χ3n) is 4.42. The van der Waals surface area contributed by atoms with Crippen LogP contribution in [0.5, 0.6) is 0 Å². The molecule has 0 atom stereocenters. The zero-order chi connectivity index (χ0) is 20.8. The number of rotatable bonds is 6. The molecule has 0 aliphatic heterocycles. The van der Waals surface area contributed by atoms with Gasteiger partial charge >= 0.3 is 5.97 Å². The highest BCUT2D eigenvalue weighted by atomic mass is 16.5. The molecular weight excluding hydrogens is 368 g/mol. The summed E-state index contributed by atoms with van der Waals surface area (Å²) in [4.78, 5) is 32.6. The van der Waals surface area contributed by atoms with Gasteiger partial charge in [-0.05, 0) is 42.7 Å². The third-order valence-corrected chi connectivity index (χ3v) is 4.42. The van der Waals surface area contributed by atoms with Crippen LogP contribution in [0.4, 0.5) is 17.2 Å². The van der Waals surface area contributed by atoms with Gasteiger partial charge in [0.15, 0.2) is 0 Å². The van der Waals surface area contributed by atoms with Crippen LogP contribution in [-0.4, -0.2) is 29.0 Å². The first kappa shape index (κ1) is 20.0. The van der Waals surface area contributed by atoms with Gasteiger partial charge in [-0.15, -0.1) is 0 Å². The van der Waals surface area contributed by atoms with E-state index in [1.54, 1.807) is 18.2 Å². The Morgan fingerprint density at radius 3 is 2.55 bits per heavy atom. The highest BCUT2D eigenvalue weighted by molar-refractivity contribution is 6.03. The zero-order valence-electron chi connectivity index (χ0n) is 16.5. The molecule has 0 bridgehead atoms. The van der Waals surface area contributed by atoms with Crippen LogP contribution in [0, 0.1) is 6.92 Å². The number of benzene rings is 2. The smallest absolute Gasteiger partial charge is 0.337 e. The van der Waals surface area contributed by atoms with Crippen LogP contribution in [0.2, 0.25) is 0 Å². The Kier molecular flexibility index (Phi) is 6.19. The molecule has 0 saturated heterocycles. The molecule has 7 heteroatoms. The number of para-hydroxylation sites is 1. The highest BCUT2D eigenvalue weighted by Gasteiger charge is 2.12. The molecule has 0 fully saturated rings. The van der Waals surface area contributed by atoms with Crippen molar-refractivity contribution in [3.05, 3.63) is 77.2 Å². The molecule has 0 aliphatic rings. The van der Waals surface area contributed by atoms with Crippen molar-refractivity contribution in [2.24, 2.45) is 0 Å². The maximum absolute atomic E-state index is 12.4. The van der Waals surface area contributed by atoms with E-state index in [1.807, 2.05) is 19.1 Å². The Hall–Kier alpha value is -3.74. The number of carbonyl (C=O) groups excluding carboxylic acids is 2. The molecule has 2 N–H and O–H groups in total. The summed E-state index contributed by atoms with van der Waals surface area (Å²) in [7, 11) is 1.30. The van der Waals surface area contributed by atoms with Gasteiger partial charge in [0.25, 0.3) is 5.91 Å². The number of hydrogen-bond donors (Lipinski definition) is 2. The SMILES string of the molecule is CCc1cccc(C)c1Nc1cnc(C(=O)Nc2cccc(C(=O)OC)c2)cn1. The first-order valence-electron chi connectivity index (χ1n) is 9.19. The minimum absolute atomic E-state index is 0.166. The summed E-state index contributed by atoms with van der Waals surface area (Å²) in [6.07, 6.45) is 3.82. The minimum Gasteiger partial charge on any atom is -0.465 e. The predicted molar refractivity (Wildman–Crippen MR) is 112 cm³/mol. The van der Waals surface area contributed by atoms with E-state index < -0.39 is 11.9 Å². The summed E-state index contributed by atoms with van der Waals surface area (Å²) in [6, 6.07) is 12.6. The maximum atomic E-state index is 12.4. The van der Waals surface area contributed by atoms with E-state index in [-0.39, 0.29) is 5.69 Å². The Bertz CT molecular complexity index is 1030. The Morgan fingerprint density at radius 1 is 1.07 bits per heavy atom. The molecule has 29 heavy (non-hydrogen) atoms. The topological polar surface area (TPSA) is 93.2 Å². The molecule has 7 nitrogen and oxygen atoms in total. The quantitative estimate of drug-likeness (QED) is 0.615. The summed E-state index contributed by atoms with van der Waals surface area (Å²) in [5.74, 6) is -0.339. The van der Waals surface area contributed by atoms with Crippen LogP contribution in [-0.2, 0) is 11.2 Å². The highest BCUT2D eigenvalue weighted by Crippen LogP contribution is 2.24. The van der Waals surface area contributed by atoms with Gasteiger partial charge in [0.1, 0.15) is 11.5 Å². The monoisotopic (exact) mass is 390 g/mol. The average Bonchev–Trinajstić information content (AvgIpc) is 2.75. The number of ether oxygens (including phenoxy) is 1.